The minimum Gasteiger partial charge on any atom is -0.415 e. The predicted octanol–water partition coefficient (Wildman–Crippen LogP) is 4.06. The van der Waals surface area contributed by atoms with E-state index in [0.717, 1.165) is 18.7 Å². The first kappa shape index (κ1) is 14.3. The molecule has 0 aliphatic carbocycles. The van der Waals surface area contributed by atoms with Crippen molar-refractivity contribution in [3.63, 3.8) is 0 Å². The van der Waals surface area contributed by atoms with Crippen LogP contribution in [0.2, 0.25) is 18.1 Å². The fourth-order valence-electron chi connectivity index (χ4n) is 1.80. The van der Waals surface area contributed by atoms with Crippen molar-refractivity contribution < 1.29 is 4.43 Å². The molecule has 0 amide bonds. The lowest BCUT2D eigenvalue weighted by molar-refractivity contribution is 0.273. The number of rotatable bonds is 4. The number of fused-ring (bicyclic) bond motifs is 1. The molecule has 0 spiro atoms. The molecule has 3 nitrogen and oxygen atoms in total. The van der Waals surface area contributed by atoms with Crippen molar-refractivity contribution in [2.24, 2.45) is 0 Å². The summed E-state index contributed by atoms with van der Waals surface area (Å²) >= 11 is 0. The molecule has 19 heavy (non-hydrogen) atoms. The van der Waals surface area contributed by atoms with Crippen molar-refractivity contribution >= 4 is 19.4 Å². The Kier molecular flexibility index (Phi) is 3.83. The summed E-state index contributed by atoms with van der Waals surface area (Å²) in [6.45, 7) is 13.0. The van der Waals surface area contributed by atoms with Gasteiger partial charge in [0, 0.05) is 6.54 Å². The number of aromatic nitrogens is 2. The van der Waals surface area contributed by atoms with Crippen molar-refractivity contribution in [3.8, 4) is 0 Å². The lowest BCUT2D eigenvalue weighted by atomic mass is 10.2. The lowest BCUT2D eigenvalue weighted by Crippen LogP contribution is -2.41. The average Bonchev–Trinajstić information content (AvgIpc) is 2.71. The van der Waals surface area contributed by atoms with Gasteiger partial charge in [-0.1, -0.05) is 32.9 Å². The molecule has 1 aromatic heterocycles. The third-order valence-corrected chi connectivity index (χ3v) is 8.67. The summed E-state index contributed by atoms with van der Waals surface area (Å²) in [6, 6.07) is 8.22. The van der Waals surface area contributed by atoms with Gasteiger partial charge in [-0.05, 0) is 30.3 Å². The Balaban J connectivity index is 2.00. The normalized spacial score (nSPS) is 13.1. The summed E-state index contributed by atoms with van der Waals surface area (Å²) in [5, 5.41) is 0.268. The molecule has 0 unspecified atom stereocenters. The number of imidazole rings is 1. The monoisotopic (exact) mass is 276 g/mol. The molecule has 2 aromatic rings. The molecule has 0 radical (unpaired) electrons. The van der Waals surface area contributed by atoms with Gasteiger partial charge < -0.3 is 8.99 Å². The van der Waals surface area contributed by atoms with Crippen LogP contribution in [-0.2, 0) is 11.0 Å². The second kappa shape index (κ2) is 5.10. The SMILES string of the molecule is CC(C)(C)[Si](C)(C)OCCn1cnc2ccccc21. The number of benzene rings is 1. The van der Waals surface area contributed by atoms with Crippen LogP contribution in [-0.4, -0.2) is 24.5 Å². The van der Waals surface area contributed by atoms with Crippen LogP contribution in [0.3, 0.4) is 0 Å². The lowest BCUT2D eigenvalue weighted by Gasteiger charge is -2.36. The zero-order valence-corrected chi connectivity index (χ0v) is 13.6. The summed E-state index contributed by atoms with van der Waals surface area (Å²) < 4.78 is 8.38. The van der Waals surface area contributed by atoms with E-state index < -0.39 is 8.32 Å². The maximum Gasteiger partial charge on any atom is 0.192 e. The highest BCUT2D eigenvalue weighted by molar-refractivity contribution is 6.74. The van der Waals surface area contributed by atoms with E-state index >= 15 is 0 Å². The number of nitrogens with zero attached hydrogens (tertiary/aromatic N) is 2. The summed E-state index contributed by atoms with van der Waals surface area (Å²) in [7, 11) is -1.64. The highest BCUT2D eigenvalue weighted by atomic mass is 28.4. The van der Waals surface area contributed by atoms with E-state index in [2.05, 4.69) is 55.5 Å². The van der Waals surface area contributed by atoms with Crippen LogP contribution >= 0.6 is 0 Å². The Bertz CT molecular complexity index is 555. The van der Waals surface area contributed by atoms with Gasteiger partial charge in [0.05, 0.1) is 24.0 Å². The molecule has 0 fully saturated rings. The molecule has 0 bridgehead atoms. The van der Waals surface area contributed by atoms with E-state index in [1.54, 1.807) is 0 Å². The van der Waals surface area contributed by atoms with Gasteiger partial charge in [-0.2, -0.15) is 0 Å². The molecule has 2 rings (SSSR count). The predicted molar refractivity (Wildman–Crippen MR) is 82.9 cm³/mol. The number of hydrogen-bond acceptors (Lipinski definition) is 2. The fraction of sp³-hybridized carbons (Fsp3) is 0.533. The molecule has 0 atom stereocenters. The first-order valence-electron chi connectivity index (χ1n) is 6.85. The van der Waals surface area contributed by atoms with E-state index in [4.69, 9.17) is 4.43 Å². The van der Waals surface area contributed by atoms with Crippen LogP contribution in [0.1, 0.15) is 20.8 Å². The van der Waals surface area contributed by atoms with Crippen molar-refractivity contribution in [2.75, 3.05) is 6.61 Å². The second-order valence-electron chi connectivity index (χ2n) is 6.54. The quantitative estimate of drug-likeness (QED) is 0.787. The molecular weight excluding hydrogens is 252 g/mol. The molecule has 0 aliphatic rings. The molecule has 4 heteroatoms. The first-order chi connectivity index (χ1) is 8.81. The van der Waals surface area contributed by atoms with Crippen molar-refractivity contribution in [3.05, 3.63) is 30.6 Å². The maximum atomic E-state index is 6.21. The van der Waals surface area contributed by atoms with Gasteiger partial charge >= 0.3 is 0 Å². The van der Waals surface area contributed by atoms with Gasteiger partial charge in [0.15, 0.2) is 8.32 Å². The second-order valence-corrected chi connectivity index (χ2v) is 11.3. The third-order valence-electron chi connectivity index (χ3n) is 4.13. The van der Waals surface area contributed by atoms with Crippen molar-refractivity contribution in [1.82, 2.24) is 9.55 Å². The zero-order chi connectivity index (χ0) is 14.1. The largest absolute Gasteiger partial charge is 0.415 e. The van der Waals surface area contributed by atoms with Crippen molar-refractivity contribution in [2.45, 2.75) is 45.4 Å². The summed E-state index contributed by atoms with van der Waals surface area (Å²) in [5.41, 5.74) is 2.23. The van der Waals surface area contributed by atoms with E-state index in [1.807, 2.05) is 18.5 Å². The van der Waals surface area contributed by atoms with E-state index in [-0.39, 0.29) is 5.04 Å². The zero-order valence-electron chi connectivity index (χ0n) is 12.6. The molecule has 0 saturated heterocycles. The van der Waals surface area contributed by atoms with Gasteiger partial charge in [-0.25, -0.2) is 4.98 Å². The van der Waals surface area contributed by atoms with Crippen LogP contribution in [0.4, 0.5) is 0 Å². The Hall–Kier alpha value is -1.13. The van der Waals surface area contributed by atoms with E-state index in [1.165, 1.54) is 5.52 Å². The van der Waals surface area contributed by atoms with E-state index in [9.17, 15) is 0 Å². The molecule has 0 N–H and O–H groups in total. The van der Waals surface area contributed by atoms with Gasteiger partial charge in [-0.15, -0.1) is 0 Å². The molecular formula is C15H24N2OSi. The van der Waals surface area contributed by atoms with Gasteiger partial charge in [0.1, 0.15) is 0 Å². The topological polar surface area (TPSA) is 27.1 Å². The Morgan fingerprint density at radius 3 is 2.58 bits per heavy atom. The molecule has 0 saturated carbocycles. The smallest absolute Gasteiger partial charge is 0.192 e. The molecule has 1 aromatic carbocycles. The highest BCUT2D eigenvalue weighted by Crippen LogP contribution is 2.36. The van der Waals surface area contributed by atoms with Crippen LogP contribution in [0, 0.1) is 0 Å². The van der Waals surface area contributed by atoms with E-state index in [0.29, 0.717) is 0 Å². The maximum absolute atomic E-state index is 6.21. The van der Waals surface area contributed by atoms with Gasteiger partial charge in [0.25, 0.3) is 0 Å². The number of hydrogen-bond donors (Lipinski definition) is 0. The van der Waals surface area contributed by atoms with Gasteiger partial charge in [0.2, 0.25) is 0 Å². The van der Waals surface area contributed by atoms with Crippen LogP contribution in [0.25, 0.3) is 11.0 Å². The molecule has 104 valence electrons. The third kappa shape index (κ3) is 3.07. The molecule has 1 heterocycles. The Morgan fingerprint density at radius 2 is 1.89 bits per heavy atom. The standard InChI is InChI=1S/C15H24N2OSi/c1-15(2,3)19(4,5)18-11-10-17-12-16-13-8-6-7-9-14(13)17/h6-9,12H,10-11H2,1-5H3. The Morgan fingerprint density at radius 1 is 1.21 bits per heavy atom. The summed E-state index contributed by atoms with van der Waals surface area (Å²) in [6.07, 6.45) is 1.90. The van der Waals surface area contributed by atoms with Crippen LogP contribution in [0.5, 0.6) is 0 Å². The number of para-hydroxylation sites is 2. The van der Waals surface area contributed by atoms with Crippen LogP contribution in [0.15, 0.2) is 30.6 Å². The first-order valence-corrected chi connectivity index (χ1v) is 9.76. The molecule has 0 aliphatic heterocycles. The average molecular weight is 276 g/mol. The fourth-order valence-corrected chi connectivity index (χ4v) is 2.84. The highest BCUT2D eigenvalue weighted by Gasteiger charge is 2.36. The minimum atomic E-state index is -1.64. The van der Waals surface area contributed by atoms with Gasteiger partial charge in [-0.3, -0.25) is 0 Å². The summed E-state index contributed by atoms with van der Waals surface area (Å²) in [5.74, 6) is 0. The minimum absolute atomic E-state index is 0.268. The van der Waals surface area contributed by atoms with Crippen molar-refractivity contribution in [1.29, 1.82) is 0 Å². The van der Waals surface area contributed by atoms with Crippen LogP contribution < -0.4 is 0 Å². The Labute approximate surface area is 116 Å². The summed E-state index contributed by atoms with van der Waals surface area (Å²) in [4.78, 5) is 4.40.